The summed E-state index contributed by atoms with van der Waals surface area (Å²) in [7, 11) is 0. The second kappa shape index (κ2) is 12.1. The number of amidine groups is 1. The van der Waals surface area contributed by atoms with E-state index < -0.39 is 11.8 Å². The highest BCUT2D eigenvalue weighted by Crippen LogP contribution is 2.19. The van der Waals surface area contributed by atoms with Crippen molar-refractivity contribution >= 4 is 17.7 Å². The monoisotopic (exact) mass is 471 g/mol. The summed E-state index contributed by atoms with van der Waals surface area (Å²) in [6.45, 7) is 3.39. The summed E-state index contributed by atoms with van der Waals surface area (Å²) in [6, 6.07) is 5.25. The van der Waals surface area contributed by atoms with Crippen molar-refractivity contribution in [3.05, 3.63) is 53.1 Å². The minimum absolute atomic E-state index is 0.109. The van der Waals surface area contributed by atoms with Gasteiger partial charge < -0.3 is 20.1 Å². The topological polar surface area (TPSA) is 131 Å². The van der Waals surface area contributed by atoms with E-state index in [1.54, 1.807) is 37.5 Å². The molecule has 0 bridgehead atoms. The van der Waals surface area contributed by atoms with E-state index in [-0.39, 0.29) is 30.3 Å². The van der Waals surface area contributed by atoms with Crippen LogP contribution in [0.5, 0.6) is 6.01 Å². The number of nitrogens with one attached hydrogen (secondary N) is 1. The van der Waals surface area contributed by atoms with E-state index in [1.165, 1.54) is 0 Å². The molecule has 1 amide bonds. The lowest BCUT2D eigenvalue weighted by molar-refractivity contribution is -0.143. The summed E-state index contributed by atoms with van der Waals surface area (Å²) in [5, 5.41) is 7.10. The number of nitrogens with two attached hydrogens (primary N) is 1. The van der Waals surface area contributed by atoms with Crippen LogP contribution in [-0.4, -0.2) is 52.3 Å². The van der Waals surface area contributed by atoms with Crippen LogP contribution < -0.4 is 10.5 Å². The van der Waals surface area contributed by atoms with E-state index in [1.807, 2.05) is 4.90 Å². The van der Waals surface area contributed by atoms with Crippen LogP contribution in [-0.2, 0) is 33.8 Å². The van der Waals surface area contributed by atoms with Crippen LogP contribution in [0.2, 0.25) is 0 Å². The van der Waals surface area contributed by atoms with Gasteiger partial charge in [-0.2, -0.15) is 0 Å². The maximum atomic E-state index is 14.8. The Morgan fingerprint density at radius 1 is 1.18 bits per heavy atom. The molecule has 2 heterocycles. The number of nitrogens with zero attached hydrogens (tertiary/aromatic N) is 3. The van der Waals surface area contributed by atoms with Crippen LogP contribution in [0.25, 0.3) is 0 Å². The molecule has 10 heteroatoms. The van der Waals surface area contributed by atoms with Crippen molar-refractivity contribution in [1.29, 1.82) is 5.41 Å². The molecule has 0 atom stereocenters. The van der Waals surface area contributed by atoms with Gasteiger partial charge in [0, 0.05) is 38.0 Å². The van der Waals surface area contributed by atoms with Crippen LogP contribution in [0.15, 0.2) is 30.6 Å². The number of benzene rings is 1. The molecule has 9 nitrogen and oxygen atoms in total. The van der Waals surface area contributed by atoms with E-state index in [2.05, 4.69) is 9.97 Å². The molecule has 3 rings (SSSR count). The molecule has 34 heavy (non-hydrogen) atoms. The van der Waals surface area contributed by atoms with Crippen LogP contribution >= 0.6 is 0 Å². The van der Waals surface area contributed by atoms with Gasteiger partial charge in [-0.05, 0) is 42.7 Å². The van der Waals surface area contributed by atoms with Gasteiger partial charge in [0.05, 0.1) is 6.61 Å². The predicted octanol–water partition coefficient (Wildman–Crippen LogP) is 2.41. The first-order chi connectivity index (χ1) is 16.3. The molecule has 1 aliphatic rings. The van der Waals surface area contributed by atoms with Gasteiger partial charge >= 0.3 is 12.0 Å². The van der Waals surface area contributed by atoms with Crippen molar-refractivity contribution in [2.45, 2.75) is 45.6 Å². The number of carbonyl (C=O) groups excluding carboxylic acids is 2. The largest absolute Gasteiger partial charge is 0.463 e. The Labute approximate surface area is 198 Å². The number of esters is 1. The maximum Gasteiger partial charge on any atom is 0.316 e. The Bertz CT molecular complexity index is 1010. The predicted molar refractivity (Wildman–Crippen MR) is 123 cm³/mol. The Balaban J connectivity index is 1.45. The lowest BCUT2D eigenvalue weighted by atomic mass is 9.98. The summed E-state index contributed by atoms with van der Waals surface area (Å²) < 4.78 is 25.5. The number of aromatic nitrogens is 2. The highest BCUT2D eigenvalue weighted by atomic mass is 19.1. The molecular formula is C24H30FN5O4. The van der Waals surface area contributed by atoms with Gasteiger partial charge in [-0.25, -0.2) is 14.4 Å². The zero-order valence-electron chi connectivity index (χ0n) is 19.3. The molecule has 0 spiro atoms. The van der Waals surface area contributed by atoms with Crippen molar-refractivity contribution in [2.75, 3.05) is 19.7 Å². The SMILES string of the molecule is CC(=O)N1CCC(COc2ncc(CCc3cccc(COC(=O)CC(=N)N)c3F)cn2)CC1. The van der Waals surface area contributed by atoms with Gasteiger partial charge in [-0.1, -0.05) is 18.2 Å². The molecule has 0 radical (unpaired) electrons. The number of rotatable bonds is 10. The molecule has 2 aromatic rings. The number of likely N-dealkylation sites (tertiary alicyclic amines) is 1. The van der Waals surface area contributed by atoms with Gasteiger partial charge in [-0.15, -0.1) is 0 Å². The summed E-state index contributed by atoms with van der Waals surface area (Å²) in [5.74, 6) is -0.908. The molecule has 3 N–H and O–H groups in total. The quantitative estimate of drug-likeness (QED) is 0.309. The zero-order chi connectivity index (χ0) is 24.5. The third-order valence-electron chi connectivity index (χ3n) is 5.75. The molecular weight excluding hydrogens is 441 g/mol. The maximum absolute atomic E-state index is 14.8. The van der Waals surface area contributed by atoms with Gasteiger partial charge in [-0.3, -0.25) is 15.0 Å². The minimum Gasteiger partial charge on any atom is -0.463 e. The van der Waals surface area contributed by atoms with Crippen molar-refractivity contribution in [1.82, 2.24) is 14.9 Å². The van der Waals surface area contributed by atoms with Crippen LogP contribution in [0.1, 0.15) is 42.9 Å². The number of piperidine rings is 1. The molecule has 1 aliphatic heterocycles. The summed E-state index contributed by atoms with van der Waals surface area (Å²) in [5.41, 5.74) is 6.78. The van der Waals surface area contributed by atoms with E-state index in [0.717, 1.165) is 31.5 Å². The fourth-order valence-electron chi connectivity index (χ4n) is 3.73. The molecule has 182 valence electrons. The molecule has 1 saturated heterocycles. The Kier molecular flexibility index (Phi) is 8.89. The molecule has 1 aromatic heterocycles. The fourth-order valence-corrected chi connectivity index (χ4v) is 3.73. The molecule has 0 unspecified atom stereocenters. The van der Waals surface area contributed by atoms with Crippen molar-refractivity contribution in [2.24, 2.45) is 11.7 Å². The summed E-state index contributed by atoms with van der Waals surface area (Å²) >= 11 is 0. The molecule has 0 aliphatic carbocycles. The Hall–Kier alpha value is -3.56. The van der Waals surface area contributed by atoms with Crippen LogP contribution in [0.4, 0.5) is 4.39 Å². The lowest BCUT2D eigenvalue weighted by Crippen LogP contribution is -2.38. The third-order valence-corrected chi connectivity index (χ3v) is 5.75. The first-order valence-electron chi connectivity index (χ1n) is 11.3. The van der Waals surface area contributed by atoms with E-state index in [9.17, 15) is 14.0 Å². The van der Waals surface area contributed by atoms with Crippen molar-refractivity contribution < 1.29 is 23.5 Å². The van der Waals surface area contributed by atoms with Gasteiger partial charge in [0.2, 0.25) is 5.91 Å². The molecule has 0 saturated carbocycles. The second-order valence-corrected chi connectivity index (χ2v) is 8.39. The number of ether oxygens (including phenoxy) is 2. The number of hydrogen-bond donors (Lipinski definition) is 2. The number of hydrogen-bond acceptors (Lipinski definition) is 7. The first kappa shape index (κ1) is 25.1. The van der Waals surface area contributed by atoms with Gasteiger partial charge in [0.1, 0.15) is 24.7 Å². The normalized spacial score (nSPS) is 14.0. The van der Waals surface area contributed by atoms with Crippen LogP contribution in [0, 0.1) is 17.1 Å². The second-order valence-electron chi connectivity index (χ2n) is 8.39. The van der Waals surface area contributed by atoms with Crippen LogP contribution in [0.3, 0.4) is 0 Å². The van der Waals surface area contributed by atoms with E-state index in [0.29, 0.717) is 36.9 Å². The zero-order valence-corrected chi connectivity index (χ0v) is 19.3. The summed E-state index contributed by atoms with van der Waals surface area (Å²) in [4.78, 5) is 33.3. The Morgan fingerprint density at radius 2 is 1.85 bits per heavy atom. The highest BCUT2D eigenvalue weighted by Gasteiger charge is 2.21. The van der Waals surface area contributed by atoms with E-state index >= 15 is 0 Å². The van der Waals surface area contributed by atoms with E-state index in [4.69, 9.17) is 20.6 Å². The smallest absolute Gasteiger partial charge is 0.316 e. The third kappa shape index (κ3) is 7.50. The van der Waals surface area contributed by atoms with Crippen molar-refractivity contribution in [3.63, 3.8) is 0 Å². The minimum atomic E-state index is -0.668. The average Bonchev–Trinajstić information content (AvgIpc) is 2.82. The number of carbonyl (C=O) groups is 2. The van der Waals surface area contributed by atoms with Gasteiger partial charge in [0.15, 0.2) is 0 Å². The number of halogens is 1. The molecule has 1 fully saturated rings. The average molecular weight is 472 g/mol. The Morgan fingerprint density at radius 3 is 2.50 bits per heavy atom. The standard InChI is InChI=1S/C24H30FN5O4/c1-16(31)30-9-7-17(8-10-30)14-34-24-28-12-18(13-29-24)5-6-19-3-2-4-20(23(19)25)15-33-22(32)11-21(26)27/h2-4,12-13,17H,5-11,14-15H2,1H3,(H3,26,27). The first-order valence-corrected chi connectivity index (χ1v) is 11.3. The fraction of sp³-hybridized carbons (Fsp3) is 0.458. The summed E-state index contributed by atoms with van der Waals surface area (Å²) in [6.07, 6.45) is 5.79. The number of aryl methyl sites for hydroxylation is 2. The molecule has 1 aromatic carbocycles. The number of amides is 1. The highest BCUT2D eigenvalue weighted by molar-refractivity contribution is 5.94. The van der Waals surface area contributed by atoms with Crippen molar-refractivity contribution in [3.8, 4) is 6.01 Å². The van der Waals surface area contributed by atoms with Gasteiger partial charge in [0.25, 0.3) is 0 Å². The lowest BCUT2D eigenvalue weighted by Gasteiger charge is -2.30.